The van der Waals surface area contributed by atoms with Gasteiger partial charge in [-0.05, 0) is 29.8 Å². The van der Waals surface area contributed by atoms with Gasteiger partial charge >= 0.3 is 0 Å². The van der Waals surface area contributed by atoms with Crippen LogP contribution in [-0.4, -0.2) is 27.5 Å². The fourth-order valence-electron chi connectivity index (χ4n) is 2.72. The van der Waals surface area contributed by atoms with E-state index in [1.54, 1.807) is 30.6 Å². The molecule has 1 unspecified atom stereocenters. The first kappa shape index (κ1) is 16.0. The van der Waals surface area contributed by atoms with Crippen LogP contribution in [0.5, 0.6) is 0 Å². The van der Waals surface area contributed by atoms with Crippen LogP contribution in [0.4, 0.5) is 10.1 Å². The summed E-state index contributed by atoms with van der Waals surface area (Å²) in [5.74, 6) is -0.856. The van der Waals surface area contributed by atoms with Crippen molar-refractivity contribution in [3.63, 3.8) is 0 Å². The molecular formula is C19H15FN4O2. The van der Waals surface area contributed by atoms with Crippen LogP contribution in [0.25, 0.3) is 5.69 Å². The fraction of sp³-hybridized carbons (Fsp3) is 0.105. The first-order valence-corrected chi connectivity index (χ1v) is 8.09. The predicted molar refractivity (Wildman–Crippen MR) is 94.6 cm³/mol. The van der Waals surface area contributed by atoms with E-state index < -0.39 is 11.9 Å². The van der Waals surface area contributed by atoms with Crippen molar-refractivity contribution in [2.45, 2.75) is 12.5 Å². The molecule has 1 aliphatic heterocycles. The minimum atomic E-state index is -0.737. The minimum Gasteiger partial charge on any atom is -0.382 e. The molecule has 0 aliphatic carbocycles. The zero-order chi connectivity index (χ0) is 17.9. The van der Waals surface area contributed by atoms with Gasteiger partial charge in [0, 0.05) is 24.5 Å². The number of carbonyl (C=O) groups excluding carboxylic acids is 1. The summed E-state index contributed by atoms with van der Waals surface area (Å²) in [7, 11) is 0. The number of halogens is 1. The molecule has 130 valence electrons. The van der Waals surface area contributed by atoms with Gasteiger partial charge in [0.25, 0.3) is 5.91 Å². The Kier molecular flexibility index (Phi) is 4.18. The van der Waals surface area contributed by atoms with E-state index >= 15 is 0 Å². The number of rotatable bonds is 4. The lowest BCUT2D eigenvalue weighted by Crippen LogP contribution is -2.28. The number of benzene rings is 2. The number of amides is 1. The van der Waals surface area contributed by atoms with Crippen LogP contribution in [0.3, 0.4) is 0 Å². The highest BCUT2D eigenvalue weighted by atomic mass is 19.1. The molecule has 1 aliphatic rings. The van der Waals surface area contributed by atoms with Gasteiger partial charge in [-0.25, -0.2) is 9.07 Å². The molecule has 4 rings (SSSR count). The Morgan fingerprint density at radius 3 is 2.77 bits per heavy atom. The highest BCUT2D eigenvalue weighted by molar-refractivity contribution is 6.06. The lowest BCUT2D eigenvalue weighted by Gasteiger charge is -2.11. The third kappa shape index (κ3) is 3.19. The summed E-state index contributed by atoms with van der Waals surface area (Å²) < 4.78 is 15.7. The van der Waals surface area contributed by atoms with Crippen LogP contribution in [0.15, 0.2) is 72.1 Å². The number of hydrogen-bond donors (Lipinski definition) is 1. The van der Waals surface area contributed by atoms with Crippen molar-refractivity contribution < 1.29 is 14.0 Å². The first-order valence-electron chi connectivity index (χ1n) is 8.09. The first-order chi connectivity index (χ1) is 12.7. The van der Waals surface area contributed by atoms with Gasteiger partial charge in [-0.3, -0.25) is 4.79 Å². The fourth-order valence-corrected chi connectivity index (χ4v) is 2.72. The molecule has 0 fully saturated rings. The second-order valence-corrected chi connectivity index (χ2v) is 5.81. The molecule has 1 N–H and O–H groups in total. The van der Waals surface area contributed by atoms with E-state index in [0.29, 0.717) is 23.5 Å². The van der Waals surface area contributed by atoms with Crippen molar-refractivity contribution in [2.75, 3.05) is 5.32 Å². The smallest absolute Gasteiger partial charge is 0.268 e. The predicted octanol–water partition coefficient (Wildman–Crippen LogP) is 3.14. The van der Waals surface area contributed by atoms with E-state index in [1.165, 1.54) is 10.7 Å². The third-order valence-corrected chi connectivity index (χ3v) is 4.03. The van der Waals surface area contributed by atoms with Crippen LogP contribution >= 0.6 is 0 Å². The zero-order valence-corrected chi connectivity index (χ0v) is 13.7. The number of anilines is 1. The molecule has 1 aromatic heterocycles. The molecule has 0 bridgehead atoms. The molecule has 0 radical (unpaired) electrons. The van der Waals surface area contributed by atoms with Crippen molar-refractivity contribution >= 4 is 17.3 Å². The van der Waals surface area contributed by atoms with E-state index in [2.05, 4.69) is 15.6 Å². The average molecular weight is 350 g/mol. The Bertz CT molecular complexity index is 955. The maximum Gasteiger partial charge on any atom is 0.268 e. The SMILES string of the molecule is O=C(Nc1ccc(-n2cccn2)c(F)c1)C1CC(c2ccccc2)=NO1. The van der Waals surface area contributed by atoms with Crippen LogP contribution in [0.2, 0.25) is 0 Å². The summed E-state index contributed by atoms with van der Waals surface area (Å²) in [5.41, 5.74) is 2.28. The molecule has 2 heterocycles. The third-order valence-electron chi connectivity index (χ3n) is 4.03. The van der Waals surface area contributed by atoms with Crippen LogP contribution < -0.4 is 5.32 Å². The molecule has 3 aromatic rings. The number of hydrogen-bond acceptors (Lipinski definition) is 4. The zero-order valence-electron chi connectivity index (χ0n) is 13.7. The van der Waals surface area contributed by atoms with Crippen molar-refractivity contribution in [3.05, 3.63) is 78.4 Å². The van der Waals surface area contributed by atoms with E-state index in [-0.39, 0.29) is 5.91 Å². The average Bonchev–Trinajstić information content (AvgIpc) is 3.35. The summed E-state index contributed by atoms with van der Waals surface area (Å²) in [6.07, 6.45) is 2.84. The highest BCUT2D eigenvalue weighted by Gasteiger charge is 2.29. The van der Waals surface area contributed by atoms with Gasteiger partial charge < -0.3 is 10.2 Å². The Hall–Kier alpha value is -3.48. The largest absolute Gasteiger partial charge is 0.382 e. The summed E-state index contributed by atoms with van der Waals surface area (Å²) >= 11 is 0. The lowest BCUT2D eigenvalue weighted by molar-refractivity contribution is -0.125. The number of nitrogens with zero attached hydrogens (tertiary/aromatic N) is 3. The van der Waals surface area contributed by atoms with Gasteiger partial charge in [0.2, 0.25) is 6.10 Å². The second kappa shape index (κ2) is 6.79. The Balaban J connectivity index is 1.42. The van der Waals surface area contributed by atoms with Crippen molar-refractivity contribution in [3.8, 4) is 5.69 Å². The summed E-state index contributed by atoms with van der Waals surface area (Å²) in [6, 6.07) is 15.7. The summed E-state index contributed by atoms with van der Waals surface area (Å²) in [6.45, 7) is 0. The molecule has 1 atom stereocenters. The molecule has 26 heavy (non-hydrogen) atoms. The Morgan fingerprint density at radius 2 is 2.04 bits per heavy atom. The van der Waals surface area contributed by atoms with Crippen LogP contribution in [-0.2, 0) is 9.63 Å². The van der Waals surface area contributed by atoms with E-state index in [1.807, 2.05) is 30.3 Å². The number of oxime groups is 1. The number of aromatic nitrogens is 2. The molecule has 7 heteroatoms. The number of nitrogens with one attached hydrogen (secondary N) is 1. The van der Waals surface area contributed by atoms with Gasteiger partial charge in [-0.2, -0.15) is 5.10 Å². The maximum atomic E-state index is 14.3. The topological polar surface area (TPSA) is 68.5 Å². The lowest BCUT2D eigenvalue weighted by atomic mass is 10.0. The van der Waals surface area contributed by atoms with E-state index in [0.717, 1.165) is 5.56 Å². The number of carbonyl (C=O) groups is 1. The van der Waals surface area contributed by atoms with E-state index in [9.17, 15) is 9.18 Å². The maximum absolute atomic E-state index is 14.3. The normalized spacial score (nSPS) is 16.0. The molecule has 0 saturated carbocycles. The van der Waals surface area contributed by atoms with Gasteiger partial charge in [0.05, 0.1) is 5.71 Å². The van der Waals surface area contributed by atoms with E-state index in [4.69, 9.17) is 4.84 Å². The quantitative estimate of drug-likeness (QED) is 0.786. The molecule has 2 aromatic carbocycles. The Labute approximate surface area is 148 Å². The monoisotopic (exact) mass is 350 g/mol. The summed E-state index contributed by atoms with van der Waals surface area (Å²) in [4.78, 5) is 17.6. The molecule has 6 nitrogen and oxygen atoms in total. The van der Waals surface area contributed by atoms with Crippen LogP contribution in [0, 0.1) is 5.82 Å². The molecule has 1 amide bonds. The highest BCUT2D eigenvalue weighted by Crippen LogP contribution is 2.21. The van der Waals surface area contributed by atoms with Crippen molar-refractivity contribution in [1.82, 2.24) is 9.78 Å². The van der Waals surface area contributed by atoms with Crippen molar-refractivity contribution in [1.29, 1.82) is 0 Å². The van der Waals surface area contributed by atoms with Crippen molar-refractivity contribution in [2.24, 2.45) is 5.16 Å². The van der Waals surface area contributed by atoms with Gasteiger partial charge in [0.1, 0.15) is 5.69 Å². The molecule has 0 saturated heterocycles. The Morgan fingerprint density at radius 1 is 1.19 bits per heavy atom. The van der Waals surface area contributed by atoms with Crippen LogP contribution in [0.1, 0.15) is 12.0 Å². The van der Waals surface area contributed by atoms with Gasteiger partial charge in [-0.1, -0.05) is 35.5 Å². The molecular weight excluding hydrogens is 335 g/mol. The van der Waals surface area contributed by atoms with Gasteiger partial charge in [-0.15, -0.1) is 0 Å². The standard InChI is InChI=1S/C19H15FN4O2/c20-15-11-14(7-8-17(15)24-10-4-9-21-24)22-19(25)18-12-16(23-26-18)13-5-2-1-3-6-13/h1-11,18H,12H2,(H,22,25). The minimum absolute atomic E-state index is 0.305. The second-order valence-electron chi connectivity index (χ2n) is 5.81. The summed E-state index contributed by atoms with van der Waals surface area (Å²) in [5, 5.41) is 10.6. The molecule has 0 spiro atoms. The van der Waals surface area contributed by atoms with Gasteiger partial charge in [0.15, 0.2) is 5.82 Å².